The molecule has 0 aromatic heterocycles. The lowest BCUT2D eigenvalue weighted by molar-refractivity contribution is 0.113. The summed E-state index contributed by atoms with van der Waals surface area (Å²) in [7, 11) is -3.28. The number of hydrogen-bond donors (Lipinski definition) is 0. The van der Waals surface area contributed by atoms with Crippen molar-refractivity contribution in [2.24, 2.45) is 0 Å². The van der Waals surface area contributed by atoms with E-state index in [-0.39, 0.29) is 5.75 Å². The van der Waals surface area contributed by atoms with Crippen molar-refractivity contribution < 1.29 is 8.42 Å². The first-order valence-corrected chi connectivity index (χ1v) is 9.27. The Morgan fingerprint density at radius 1 is 1.14 bits per heavy atom. The highest BCUT2D eigenvalue weighted by atomic mass is 32.2. The molecule has 0 amide bonds. The Labute approximate surface area is 133 Å². The average Bonchev–Trinajstić information content (AvgIpc) is 2.53. The van der Waals surface area contributed by atoms with Gasteiger partial charge in [-0.15, -0.1) is 0 Å². The molecular weight excluding hydrogens is 298 g/mol. The minimum absolute atomic E-state index is 0.126. The van der Waals surface area contributed by atoms with Gasteiger partial charge in [0.15, 0.2) is 9.84 Å². The van der Waals surface area contributed by atoms with Crippen LogP contribution in [0.3, 0.4) is 0 Å². The molecule has 0 unspecified atom stereocenters. The molecule has 1 aromatic carbocycles. The molecule has 2 rings (SSSR count). The second-order valence-electron chi connectivity index (χ2n) is 5.93. The molecule has 1 aromatic rings. The molecule has 1 heterocycles. The van der Waals surface area contributed by atoms with Crippen LogP contribution in [0.2, 0.25) is 0 Å². The molecule has 0 radical (unpaired) electrons. The van der Waals surface area contributed by atoms with Crippen LogP contribution in [-0.4, -0.2) is 62.7 Å². The van der Waals surface area contributed by atoms with Crippen LogP contribution < -0.4 is 0 Å². The fourth-order valence-electron chi connectivity index (χ4n) is 2.61. The molecule has 0 aliphatic carbocycles. The van der Waals surface area contributed by atoms with Crippen molar-refractivity contribution in [2.75, 3.05) is 38.5 Å². The quantitative estimate of drug-likeness (QED) is 0.819. The molecule has 1 saturated heterocycles. The summed E-state index contributed by atoms with van der Waals surface area (Å²) in [5.74, 6) is 0.126. The summed E-state index contributed by atoms with van der Waals surface area (Å²) in [5.41, 5.74) is 0.476. The van der Waals surface area contributed by atoms with E-state index in [1.54, 1.807) is 12.1 Å². The number of piperazine rings is 1. The van der Waals surface area contributed by atoms with Gasteiger partial charge in [0.25, 0.3) is 0 Å². The minimum atomic E-state index is -3.28. The summed E-state index contributed by atoms with van der Waals surface area (Å²) >= 11 is 0. The third-order valence-electron chi connectivity index (χ3n) is 4.16. The van der Waals surface area contributed by atoms with Crippen LogP contribution in [0.25, 0.3) is 0 Å². The van der Waals surface area contributed by atoms with Crippen molar-refractivity contribution in [1.29, 1.82) is 5.26 Å². The van der Waals surface area contributed by atoms with Crippen LogP contribution in [-0.2, 0) is 9.84 Å². The number of nitrogens with zero attached hydrogens (tertiary/aromatic N) is 3. The summed E-state index contributed by atoms with van der Waals surface area (Å²) in [5, 5.41) is 8.76. The third-order valence-corrected chi connectivity index (χ3v) is 5.87. The summed E-state index contributed by atoms with van der Waals surface area (Å²) in [6.07, 6.45) is 0. The Balaban J connectivity index is 1.89. The van der Waals surface area contributed by atoms with Gasteiger partial charge in [0.05, 0.1) is 22.3 Å². The zero-order valence-corrected chi connectivity index (χ0v) is 14.0. The molecule has 22 heavy (non-hydrogen) atoms. The molecule has 120 valence electrons. The van der Waals surface area contributed by atoms with Crippen molar-refractivity contribution in [3.63, 3.8) is 0 Å². The summed E-state index contributed by atoms with van der Waals surface area (Å²) < 4.78 is 24.7. The number of sulfone groups is 1. The summed E-state index contributed by atoms with van der Waals surface area (Å²) in [6, 6.07) is 8.68. The van der Waals surface area contributed by atoms with Crippen LogP contribution in [0.4, 0.5) is 0 Å². The van der Waals surface area contributed by atoms with E-state index in [1.807, 2.05) is 6.07 Å². The van der Waals surface area contributed by atoms with E-state index in [9.17, 15) is 8.42 Å². The van der Waals surface area contributed by atoms with E-state index in [0.29, 0.717) is 23.0 Å². The summed E-state index contributed by atoms with van der Waals surface area (Å²) in [4.78, 5) is 4.92. The highest BCUT2D eigenvalue weighted by molar-refractivity contribution is 7.91. The standard InChI is InChI=1S/C16H23N3O2S/c1-14(2)19-9-7-18(8-10-19)11-12-22(20,21)16-5-3-15(13-17)4-6-16/h3-6,14H,7-12H2,1-2H3. The van der Waals surface area contributed by atoms with Gasteiger partial charge in [-0.1, -0.05) is 0 Å². The molecule has 1 fully saturated rings. The third kappa shape index (κ3) is 4.29. The number of benzene rings is 1. The Bertz CT molecular complexity index is 624. The largest absolute Gasteiger partial charge is 0.300 e. The smallest absolute Gasteiger partial charge is 0.179 e. The first-order valence-electron chi connectivity index (χ1n) is 7.62. The monoisotopic (exact) mass is 321 g/mol. The Hall–Kier alpha value is -1.42. The van der Waals surface area contributed by atoms with Crippen molar-refractivity contribution >= 4 is 9.84 Å². The first kappa shape index (κ1) is 16.9. The van der Waals surface area contributed by atoms with Crippen molar-refractivity contribution in [3.05, 3.63) is 29.8 Å². The second kappa shape index (κ2) is 7.23. The minimum Gasteiger partial charge on any atom is -0.300 e. The van der Waals surface area contributed by atoms with E-state index in [2.05, 4.69) is 23.6 Å². The number of nitriles is 1. The summed E-state index contributed by atoms with van der Waals surface area (Å²) in [6.45, 7) is 8.76. The molecule has 6 heteroatoms. The molecule has 0 atom stereocenters. The molecule has 0 N–H and O–H groups in total. The lowest BCUT2D eigenvalue weighted by atomic mass is 10.2. The average molecular weight is 321 g/mol. The van der Waals surface area contributed by atoms with Crippen LogP contribution in [0.5, 0.6) is 0 Å². The van der Waals surface area contributed by atoms with Gasteiger partial charge >= 0.3 is 0 Å². The van der Waals surface area contributed by atoms with Gasteiger partial charge in [0, 0.05) is 38.8 Å². The van der Waals surface area contributed by atoms with Gasteiger partial charge in [-0.25, -0.2) is 8.42 Å². The Morgan fingerprint density at radius 3 is 2.23 bits per heavy atom. The van der Waals surface area contributed by atoms with Crippen molar-refractivity contribution in [3.8, 4) is 6.07 Å². The topological polar surface area (TPSA) is 64.4 Å². The molecule has 1 aliphatic rings. The lowest BCUT2D eigenvalue weighted by Gasteiger charge is -2.36. The maximum atomic E-state index is 12.3. The zero-order valence-electron chi connectivity index (χ0n) is 13.2. The molecular formula is C16H23N3O2S. The van der Waals surface area contributed by atoms with Gasteiger partial charge < -0.3 is 0 Å². The van der Waals surface area contributed by atoms with Crippen molar-refractivity contribution in [1.82, 2.24) is 9.80 Å². The van der Waals surface area contributed by atoms with Crippen LogP contribution >= 0.6 is 0 Å². The fourth-order valence-corrected chi connectivity index (χ4v) is 3.89. The van der Waals surface area contributed by atoms with E-state index in [4.69, 9.17) is 5.26 Å². The molecule has 5 nitrogen and oxygen atoms in total. The fraction of sp³-hybridized carbons (Fsp3) is 0.562. The van der Waals surface area contributed by atoms with Gasteiger partial charge in [-0.05, 0) is 38.1 Å². The van der Waals surface area contributed by atoms with Gasteiger partial charge in [-0.3, -0.25) is 9.80 Å². The maximum Gasteiger partial charge on any atom is 0.179 e. The highest BCUT2D eigenvalue weighted by Crippen LogP contribution is 2.13. The van der Waals surface area contributed by atoms with E-state index >= 15 is 0 Å². The highest BCUT2D eigenvalue weighted by Gasteiger charge is 2.21. The maximum absolute atomic E-state index is 12.3. The van der Waals surface area contributed by atoms with Crippen LogP contribution in [0, 0.1) is 11.3 Å². The zero-order chi connectivity index (χ0) is 16.2. The van der Waals surface area contributed by atoms with Gasteiger partial charge in [-0.2, -0.15) is 5.26 Å². The van der Waals surface area contributed by atoms with Crippen LogP contribution in [0.1, 0.15) is 19.4 Å². The van der Waals surface area contributed by atoms with E-state index in [0.717, 1.165) is 26.2 Å². The Morgan fingerprint density at radius 2 is 1.73 bits per heavy atom. The molecule has 0 saturated carbocycles. The number of hydrogen-bond acceptors (Lipinski definition) is 5. The van der Waals surface area contributed by atoms with Gasteiger partial charge in [0.2, 0.25) is 0 Å². The van der Waals surface area contributed by atoms with Crippen LogP contribution in [0.15, 0.2) is 29.2 Å². The van der Waals surface area contributed by atoms with Crippen molar-refractivity contribution in [2.45, 2.75) is 24.8 Å². The van der Waals surface area contributed by atoms with E-state index < -0.39 is 9.84 Å². The molecule has 1 aliphatic heterocycles. The lowest BCUT2D eigenvalue weighted by Crippen LogP contribution is -2.49. The van der Waals surface area contributed by atoms with E-state index in [1.165, 1.54) is 12.1 Å². The predicted molar refractivity (Wildman–Crippen MR) is 86.4 cm³/mol. The molecule has 0 bridgehead atoms. The predicted octanol–water partition coefficient (Wildman–Crippen LogP) is 1.36. The van der Waals surface area contributed by atoms with Gasteiger partial charge in [0.1, 0.15) is 0 Å². The second-order valence-corrected chi connectivity index (χ2v) is 8.04. The SMILES string of the molecule is CC(C)N1CCN(CCS(=O)(=O)c2ccc(C#N)cc2)CC1. The Kier molecular flexibility index (Phi) is 5.57. The normalized spacial score (nSPS) is 17.5. The molecule has 0 spiro atoms. The first-order chi connectivity index (χ1) is 10.4. The number of rotatable bonds is 5.